The summed E-state index contributed by atoms with van der Waals surface area (Å²) in [5, 5.41) is 4.09. The van der Waals surface area contributed by atoms with Crippen molar-refractivity contribution in [3.8, 4) is 5.75 Å². The maximum absolute atomic E-state index is 6.28. The number of nitrogens with zero attached hydrogens (tertiary/aromatic N) is 1. The average molecular weight is 269 g/mol. The van der Waals surface area contributed by atoms with Crippen molar-refractivity contribution < 1.29 is 4.74 Å². The molecule has 0 saturated carbocycles. The maximum atomic E-state index is 6.28. The summed E-state index contributed by atoms with van der Waals surface area (Å²) in [5.41, 5.74) is 2.47. The third-order valence-corrected chi connectivity index (χ3v) is 3.66. The second kappa shape index (κ2) is 6.41. The van der Waals surface area contributed by atoms with Gasteiger partial charge < -0.3 is 10.1 Å². The molecule has 1 aliphatic rings. The zero-order chi connectivity index (χ0) is 13.0. The fourth-order valence-corrected chi connectivity index (χ4v) is 2.76. The molecule has 1 aromatic rings. The molecule has 1 saturated heterocycles. The number of hydrogen-bond acceptors (Lipinski definition) is 3. The van der Waals surface area contributed by atoms with Gasteiger partial charge in [-0.15, -0.1) is 0 Å². The Kier molecular flexibility index (Phi) is 4.87. The quantitative estimate of drug-likeness (QED) is 0.907. The number of benzene rings is 1. The Morgan fingerprint density at radius 1 is 1.33 bits per heavy atom. The van der Waals surface area contributed by atoms with E-state index in [1.54, 1.807) is 7.11 Å². The summed E-state index contributed by atoms with van der Waals surface area (Å²) in [7, 11) is 1.68. The predicted molar refractivity (Wildman–Crippen MR) is 75.5 cm³/mol. The summed E-state index contributed by atoms with van der Waals surface area (Å²) < 4.78 is 5.36. The number of methoxy groups -OCH3 is 1. The van der Waals surface area contributed by atoms with Gasteiger partial charge in [-0.05, 0) is 23.6 Å². The fourth-order valence-electron chi connectivity index (χ4n) is 2.42. The topological polar surface area (TPSA) is 24.5 Å². The second-order valence-corrected chi connectivity index (χ2v) is 5.06. The Bertz CT molecular complexity index is 403. The number of rotatable bonds is 4. The SMILES string of the molecule is CCc1cc(CN2CCNCC2)cc(Cl)c1OC. The summed E-state index contributed by atoms with van der Waals surface area (Å²) in [6, 6.07) is 4.24. The molecular weight excluding hydrogens is 248 g/mol. The van der Waals surface area contributed by atoms with Gasteiger partial charge in [0.2, 0.25) is 0 Å². The molecule has 1 aromatic carbocycles. The Labute approximate surface area is 114 Å². The summed E-state index contributed by atoms with van der Waals surface area (Å²) in [6.07, 6.45) is 0.943. The second-order valence-electron chi connectivity index (χ2n) is 4.65. The van der Waals surface area contributed by atoms with E-state index in [0.717, 1.165) is 49.9 Å². The molecule has 1 aliphatic heterocycles. The van der Waals surface area contributed by atoms with Gasteiger partial charge in [0.15, 0.2) is 0 Å². The Morgan fingerprint density at radius 2 is 2.06 bits per heavy atom. The molecule has 0 radical (unpaired) electrons. The lowest BCUT2D eigenvalue weighted by Gasteiger charge is -2.27. The van der Waals surface area contributed by atoms with Crippen LogP contribution in [0.2, 0.25) is 5.02 Å². The first-order valence-electron chi connectivity index (χ1n) is 6.53. The van der Waals surface area contributed by atoms with Gasteiger partial charge >= 0.3 is 0 Å². The molecule has 18 heavy (non-hydrogen) atoms. The molecule has 0 unspecified atom stereocenters. The first-order valence-corrected chi connectivity index (χ1v) is 6.90. The molecule has 0 atom stereocenters. The van der Waals surface area contributed by atoms with Crippen LogP contribution in [-0.4, -0.2) is 38.2 Å². The number of aryl methyl sites for hydroxylation is 1. The van der Waals surface area contributed by atoms with E-state index < -0.39 is 0 Å². The summed E-state index contributed by atoms with van der Waals surface area (Å²) in [6.45, 7) is 7.45. The smallest absolute Gasteiger partial charge is 0.140 e. The number of piperazine rings is 1. The Hall–Kier alpha value is -0.770. The molecule has 0 aliphatic carbocycles. The molecule has 0 spiro atoms. The highest BCUT2D eigenvalue weighted by molar-refractivity contribution is 6.32. The highest BCUT2D eigenvalue weighted by Crippen LogP contribution is 2.31. The fraction of sp³-hybridized carbons (Fsp3) is 0.571. The van der Waals surface area contributed by atoms with Crippen LogP contribution in [0.3, 0.4) is 0 Å². The van der Waals surface area contributed by atoms with E-state index in [1.807, 2.05) is 6.07 Å². The molecule has 0 bridgehead atoms. The van der Waals surface area contributed by atoms with Crippen molar-refractivity contribution >= 4 is 11.6 Å². The van der Waals surface area contributed by atoms with Gasteiger partial charge in [0.1, 0.15) is 5.75 Å². The van der Waals surface area contributed by atoms with Gasteiger partial charge in [0.25, 0.3) is 0 Å². The molecular formula is C14H21ClN2O. The Balaban J connectivity index is 2.15. The molecule has 0 aromatic heterocycles. The minimum atomic E-state index is 0.724. The van der Waals surface area contributed by atoms with Crippen LogP contribution in [0.15, 0.2) is 12.1 Å². The number of halogens is 1. The standard InChI is InChI=1S/C14H21ClN2O/c1-3-12-8-11(9-13(15)14(12)18-2)10-17-6-4-16-5-7-17/h8-9,16H,3-7,10H2,1-2H3. The van der Waals surface area contributed by atoms with E-state index >= 15 is 0 Å². The molecule has 2 rings (SSSR count). The minimum Gasteiger partial charge on any atom is -0.495 e. The van der Waals surface area contributed by atoms with Gasteiger partial charge in [0, 0.05) is 32.7 Å². The van der Waals surface area contributed by atoms with Gasteiger partial charge in [-0.2, -0.15) is 0 Å². The van der Waals surface area contributed by atoms with E-state index in [2.05, 4.69) is 23.2 Å². The van der Waals surface area contributed by atoms with Crippen molar-refractivity contribution in [2.24, 2.45) is 0 Å². The van der Waals surface area contributed by atoms with Gasteiger partial charge in [-0.25, -0.2) is 0 Å². The van der Waals surface area contributed by atoms with Gasteiger partial charge in [-0.3, -0.25) is 4.90 Å². The molecule has 1 N–H and O–H groups in total. The van der Waals surface area contributed by atoms with Crippen molar-refractivity contribution in [1.29, 1.82) is 0 Å². The first kappa shape index (κ1) is 13.7. The molecule has 1 fully saturated rings. The lowest BCUT2D eigenvalue weighted by molar-refractivity contribution is 0.233. The predicted octanol–water partition coefficient (Wildman–Crippen LogP) is 2.32. The van der Waals surface area contributed by atoms with E-state index in [1.165, 1.54) is 11.1 Å². The Morgan fingerprint density at radius 3 is 2.67 bits per heavy atom. The van der Waals surface area contributed by atoms with Crippen molar-refractivity contribution in [3.63, 3.8) is 0 Å². The third kappa shape index (κ3) is 3.16. The lowest BCUT2D eigenvalue weighted by atomic mass is 10.1. The van der Waals surface area contributed by atoms with Crippen LogP contribution in [0.5, 0.6) is 5.75 Å². The average Bonchev–Trinajstić information content (AvgIpc) is 2.39. The first-order chi connectivity index (χ1) is 8.74. The summed E-state index contributed by atoms with van der Waals surface area (Å²) >= 11 is 6.28. The van der Waals surface area contributed by atoms with E-state index in [9.17, 15) is 0 Å². The van der Waals surface area contributed by atoms with Crippen molar-refractivity contribution in [2.45, 2.75) is 19.9 Å². The number of nitrogens with one attached hydrogen (secondary N) is 1. The van der Waals surface area contributed by atoms with Crippen LogP contribution < -0.4 is 10.1 Å². The largest absolute Gasteiger partial charge is 0.495 e. The highest BCUT2D eigenvalue weighted by Gasteiger charge is 2.13. The van der Waals surface area contributed by atoms with Crippen LogP contribution in [-0.2, 0) is 13.0 Å². The zero-order valence-electron chi connectivity index (χ0n) is 11.1. The van der Waals surface area contributed by atoms with Crippen LogP contribution in [0.1, 0.15) is 18.1 Å². The van der Waals surface area contributed by atoms with Crippen molar-refractivity contribution in [3.05, 3.63) is 28.3 Å². The van der Waals surface area contributed by atoms with E-state index in [0.29, 0.717) is 0 Å². The summed E-state index contributed by atoms with van der Waals surface area (Å²) in [5.74, 6) is 0.822. The van der Waals surface area contributed by atoms with Crippen LogP contribution >= 0.6 is 11.6 Å². The van der Waals surface area contributed by atoms with E-state index in [4.69, 9.17) is 16.3 Å². The monoisotopic (exact) mass is 268 g/mol. The number of ether oxygens (including phenoxy) is 1. The van der Waals surface area contributed by atoms with Crippen molar-refractivity contribution in [1.82, 2.24) is 10.2 Å². The van der Waals surface area contributed by atoms with Gasteiger partial charge in [-0.1, -0.05) is 24.6 Å². The highest BCUT2D eigenvalue weighted by atomic mass is 35.5. The van der Waals surface area contributed by atoms with Crippen LogP contribution in [0.4, 0.5) is 0 Å². The molecule has 3 nitrogen and oxygen atoms in total. The molecule has 100 valence electrons. The zero-order valence-corrected chi connectivity index (χ0v) is 11.9. The molecule has 0 amide bonds. The molecule has 1 heterocycles. The minimum absolute atomic E-state index is 0.724. The number of hydrogen-bond donors (Lipinski definition) is 1. The normalized spacial score (nSPS) is 16.8. The summed E-state index contributed by atoms with van der Waals surface area (Å²) in [4.78, 5) is 2.45. The third-order valence-electron chi connectivity index (χ3n) is 3.38. The van der Waals surface area contributed by atoms with Crippen LogP contribution in [0.25, 0.3) is 0 Å². The van der Waals surface area contributed by atoms with Gasteiger partial charge in [0.05, 0.1) is 12.1 Å². The molecule has 4 heteroatoms. The van der Waals surface area contributed by atoms with Crippen molar-refractivity contribution in [2.75, 3.05) is 33.3 Å². The maximum Gasteiger partial charge on any atom is 0.140 e. The van der Waals surface area contributed by atoms with E-state index in [-0.39, 0.29) is 0 Å². The lowest BCUT2D eigenvalue weighted by Crippen LogP contribution is -2.42. The van der Waals surface area contributed by atoms with Crippen LogP contribution in [0, 0.1) is 0 Å².